The van der Waals surface area contributed by atoms with Gasteiger partial charge in [0.05, 0.1) is 12.5 Å². The van der Waals surface area contributed by atoms with Crippen molar-refractivity contribution in [1.82, 2.24) is 4.57 Å². The van der Waals surface area contributed by atoms with Crippen LogP contribution >= 0.6 is 11.6 Å². The molecule has 1 aromatic heterocycles. The summed E-state index contributed by atoms with van der Waals surface area (Å²) in [6.07, 6.45) is 1.85. The van der Waals surface area contributed by atoms with Crippen LogP contribution in [0.15, 0.2) is 35.3 Å². The Morgan fingerprint density at radius 3 is 2.68 bits per heavy atom. The molecule has 0 amide bonds. The van der Waals surface area contributed by atoms with E-state index < -0.39 is 0 Å². The number of hydrogen-bond acceptors (Lipinski definition) is 2. The van der Waals surface area contributed by atoms with Gasteiger partial charge in [-0.2, -0.15) is 5.26 Å². The second kappa shape index (κ2) is 5.29. The van der Waals surface area contributed by atoms with Crippen molar-refractivity contribution in [2.45, 2.75) is 20.3 Å². The molecular weight excluding hydrogens is 260 g/mol. The van der Waals surface area contributed by atoms with Crippen LogP contribution in [0.5, 0.6) is 0 Å². The van der Waals surface area contributed by atoms with Gasteiger partial charge in [-0.1, -0.05) is 11.6 Å². The Labute approximate surface area is 116 Å². The van der Waals surface area contributed by atoms with Crippen LogP contribution in [0.2, 0.25) is 5.02 Å². The van der Waals surface area contributed by atoms with Crippen molar-refractivity contribution >= 4 is 11.6 Å². The molecule has 1 aromatic carbocycles. The molecule has 96 valence electrons. The molecule has 0 atom stereocenters. The van der Waals surface area contributed by atoms with Crippen molar-refractivity contribution in [3.8, 4) is 11.8 Å². The Bertz CT molecular complexity index is 726. The maximum absolute atomic E-state index is 11.8. The highest BCUT2D eigenvalue weighted by Gasteiger charge is 2.07. The minimum absolute atomic E-state index is 0.0954. The predicted molar refractivity (Wildman–Crippen MR) is 75.8 cm³/mol. The van der Waals surface area contributed by atoms with Crippen LogP contribution < -0.4 is 5.43 Å². The van der Waals surface area contributed by atoms with Gasteiger partial charge in [-0.25, -0.2) is 0 Å². The first-order chi connectivity index (χ1) is 9.02. The first-order valence-corrected chi connectivity index (χ1v) is 6.26. The van der Waals surface area contributed by atoms with Crippen LogP contribution in [-0.4, -0.2) is 4.57 Å². The molecule has 0 spiro atoms. The van der Waals surface area contributed by atoms with E-state index in [0.717, 1.165) is 16.9 Å². The van der Waals surface area contributed by atoms with E-state index in [2.05, 4.69) is 0 Å². The zero-order valence-corrected chi connectivity index (χ0v) is 11.5. The number of aryl methyl sites for hydroxylation is 2. The number of rotatable bonds is 2. The number of hydrogen-bond donors (Lipinski definition) is 0. The van der Waals surface area contributed by atoms with E-state index in [-0.39, 0.29) is 11.8 Å². The molecule has 0 bridgehead atoms. The van der Waals surface area contributed by atoms with Crippen LogP contribution in [0.4, 0.5) is 0 Å². The first kappa shape index (κ1) is 13.4. The van der Waals surface area contributed by atoms with Crippen molar-refractivity contribution in [2.75, 3.05) is 0 Å². The highest BCUT2D eigenvalue weighted by Crippen LogP contribution is 2.20. The fourth-order valence-electron chi connectivity index (χ4n) is 2.04. The highest BCUT2D eigenvalue weighted by atomic mass is 35.5. The van der Waals surface area contributed by atoms with Crippen LogP contribution in [0.25, 0.3) is 5.69 Å². The third-order valence-corrected chi connectivity index (χ3v) is 3.24. The van der Waals surface area contributed by atoms with Gasteiger partial charge < -0.3 is 4.57 Å². The maximum atomic E-state index is 11.8. The SMILES string of the molecule is Cc1cc(Cl)ccc1-n1cc(CC#N)c(=O)cc1C. The predicted octanol–water partition coefficient (Wildman–Crippen LogP) is 3.17. The molecule has 0 saturated carbocycles. The Hall–Kier alpha value is -2.05. The van der Waals surface area contributed by atoms with E-state index in [0.29, 0.717) is 10.6 Å². The number of halogens is 1. The summed E-state index contributed by atoms with van der Waals surface area (Å²) in [5, 5.41) is 9.43. The Morgan fingerprint density at radius 2 is 2.05 bits per heavy atom. The van der Waals surface area contributed by atoms with E-state index >= 15 is 0 Å². The second-order valence-corrected chi connectivity index (χ2v) is 4.88. The van der Waals surface area contributed by atoms with Gasteiger partial charge in [0.1, 0.15) is 0 Å². The van der Waals surface area contributed by atoms with Gasteiger partial charge >= 0.3 is 0 Å². The molecule has 0 unspecified atom stereocenters. The lowest BCUT2D eigenvalue weighted by molar-refractivity contribution is 0.940. The Kier molecular flexibility index (Phi) is 3.73. The average molecular weight is 273 g/mol. The van der Waals surface area contributed by atoms with Crippen LogP contribution in [-0.2, 0) is 6.42 Å². The van der Waals surface area contributed by atoms with Crippen molar-refractivity contribution in [1.29, 1.82) is 5.26 Å². The van der Waals surface area contributed by atoms with Crippen LogP contribution in [0, 0.1) is 25.2 Å². The van der Waals surface area contributed by atoms with Crippen LogP contribution in [0.1, 0.15) is 16.8 Å². The molecule has 0 N–H and O–H groups in total. The van der Waals surface area contributed by atoms with Gasteiger partial charge in [-0.15, -0.1) is 0 Å². The zero-order chi connectivity index (χ0) is 14.0. The van der Waals surface area contributed by atoms with Gasteiger partial charge in [0.15, 0.2) is 5.43 Å². The fraction of sp³-hybridized carbons (Fsp3) is 0.200. The van der Waals surface area contributed by atoms with Gasteiger partial charge in [0.2, 0.25) is 0 Å². The molecule has 2 rings (SSSR count). The fourth-order valence-corrected chi connectivity index (χ4v) is 2.27. The summed E-state index contributed by atoms with van der Waals surface area (Å²) in [4.78, 5) is 11.8. The summed E-state index contributed by atoms with van der Waals surface area (Å²) < 4.78 is 1.92. The standard InChI is InChI=1S/C15H13ClN2O/c1-10-7-13(16)3-4-14(10)18-9-12(5-6-17)15(19)8-11(18)2/h3-4,7-9H,5H2,1-2H3. The number of benzene rings is 1. The van der Waals surface area contributed by atoms with Gasteiger partial charge in [0, 0.05) is 34.2 Å². The molecule has 0 aliphatic rings. The van der Waals surface area contributed by atoms with E-state index in [4.69, 9.17) is 16.9 Å². The number of aromatic nitrogens is 1. The molecule has 0 radical (unpaired) electrons. The van der Waals surface area contributed by atoms with Crippen molar-refractivity contribution < 1.29 is 0 Å². The first-order valence-electron chi connectivity index (χ1n) is 5.88. The summed E-state index contributed by atoms with van der Waals surface area (Å²) in [6.45, 7) is 3.83. The van der Waals surface area contributed by atoms with Gasteiger partial charge in [0.25, 0.3) is 0 Å². The smallest absolute Gasteiger partial charge is 0.186 e. The van der Waals surface area contributed by atoms with Crippen molar-refractivity contribution in [3.63, 3.8) is 0 Å². The second-order valence-electron chi connectivity index (χ2n) is 4.44. The Balaban J connectivity index is 2.65. The molecule has 1 heterocycles. The minimum atomic E-state index is -0.0954. The van der Waals surface area contributed by atoms with E-state index in [1.54, 1.807) is 12.3 Å². The molecule has 19 heavy (non-hydrogen) atoms. The summed E-state index contributed by atoms with van der Waals surface area (Å²) in [5.74, 6) is 0. The topological polar surface area (TPSA) is 45.8 Å². The summed E-state index contributed by atoms with van der Waals surface area (Å²) >= 11 is 5.95. The van der Waals surface area contributed by atoms with E-state index in [1.165, 1.54) is 0 Å². The molecular formula is C15H13ClN2O. The van der Waals surface area contributed by atoms with E-state index in [9.17, 15) is 4.79 Å². The summed E-state index contributed by atoms with van der Waals surface area (Å²) in [6, 6.07) is 9.16. The van der Waals surface area contributed by atoms with E-state index in [1.807, 2.05) is 42.7 Å². The largest absolute Gasteiger partial charge is 0.320 e. The third-order valence-electron chi connectivity index (χ3n) is 3.01. The lowest BCUT2D eigenvalue weighted by atomic mass is 10.1. The zero-order valence-electron chi connectivity index (χ0n) is 10.8. The highest BCUT2D eigenvalue weighted by molar-refractivity contribution is 6.30. The molecule has 0 fully saturated rings. The lowest BCUT2D eigenvalue weighted by Gasteiger charge is -2.14. The van der Waals surface area contributed by atoms with Crippen molar-refractivity contribution in [2.24, 2.45) is 0 Å². The molecule has 0 aliphatic heterocycles. The van der Waals surface area contributed by atoms with Crippen molar-refractivity contribution in [3.05, 3.63) is 62.5 Å². The van der Waals surface area contributed by atoms with Gasteiger partial charge in [-0.3, -0.25) is 4.79 Å². The number of pyridine rings is 1. The monoisotopic (exact) mass is 272 g/mol. The summed E-state index contributed by atoms with van der Waals surface area (Å²) in [7, 11) is 0. The number of nitrogens with zero attached hydrogens (tertiary/aromatic N) is 2. The quantitative estimate of drug-likeness (QED) is 0.843. The Morgan fingerprint density at radius 1 is 1.32 bits per heavy atom. The normalized spacial score (nSPS) is 10.2. The van der Waals surface area contributed by atoms with Gasteiger partial charge in [-0.05, 0) is 37.6 Å². The molecule has 0 saturated heterocycles. The maximum Gasteiger partial charge on any atom is 0.186 e. The summed E-state index contributed by atoms with van der Waals surface area (Å²) in [5.41, 5.74) is 3.21. The molecule has 3 nitrogen and oxygen atoms in total. The molecule has 2 aromatic rings. The molecule has 0 aliphatic carbocycles. The van der Waals surface area contributed by atoms with Crippen LogP contribution in [0.3, 0.4) is 0 Å². The number of nitriles is 1. The average Bonchev–Trinajstić information content (AvgIpc) is 2.34. The molecule has 4 heteroatoms. The minimum Gasteiger partial charge on any atom is -0.320 e. The lowest BCUT2D eigenvalue weighted by Crippen LogP contribution is -2.14. The third kappa shape index (κ3) is 2.69.